The predicted octanol–water partition coefficient (Wildman–Crippen LogP) is 2.16. The molecule has 1 aromatic rings. The Kier molecular flexibility index (Phi) is 3.69. The highest BCUT2D eigenvalue weighted by atomic mass is 15.3. The second kappa shape index (κ2) is 5.01. The van der Waals surface area contributed by atoms with Gasteiger partial charge in [-0.1, -0.05) is 19.1 Å². The van der Waals surface area contributed by atoms with E-state index in [1.807, 2.05) is 31.2 Å². The van der Waals surface area contributed by atoms with Gasteiger partial charge in [0, 0.05) is 0 Å². The second-order valence-electron chi connectivity index (χ2n) is 2.99. The van der Waals surface area contributed by atoms with E-state index in [-0.39, 0.29) is 0 Å². The number of rotatable bonds is 3. The monoisotopic (exact) mass is 202 g/mol. The van der Waals surface area contributed by atoms with Crippen LogP contribution < -0.4 is 5.73 Å². The predicted molar refractivity (Wildman–Crippen MR) is 60.7 cm³/mol. The van der Waals surface area contributed by atoms with E-state index in [0.29, 0.717) is 11.4 Å². The first-order valence-corrected chi connectivity index (χ1v) is 4.81. The minimum atomic E-state index is 0.381. The number of hydrogen-bond donors (Lipinski definition) is 1. The molecule has 0 bridgehead atoms. The van der Waals surface area contributed by atoms with E-state index in [0.717, 1.165) is 12.1 Å². The molecule has 0 aliphatic heterocycles. The summed E-state index contributed by atoms with van der Waals surface area (Å²) in [6, 6.07) is 1.99. The van der Waals surface area contributed by atoms with E-state index in [9.17, 15) is 0 Å². The van der Waals surface area contributed by atoms with Crippen molar-refractivity contribution in [1.82, 2.24) is 9.78 Å². The second-order valence-corrected chi connectivity index (χ2v) is 2.99. The summed E-state index contributed by atoms with van der Waals surface area (Å²) in [5.41, 5.74) is 7.04. The molecule has 0 saturated heterocycles. The standard InChI is InChI=1S/C11H14N4/c1-3-5-6-10(4-2)15-11(13)9(7-12)8-14-15/h4-6,8H,3,13H2,1-2H3/b6-5-,10-4+. The van der Waals surface area contributed by atoms with Crippen LogP contribution in [0.1, 0.15) is 25.8 Å². The fraction of sp³-hybridized carbons (Fsp3) is 0.273. The SMILES string of the molecule is C/C=C(\C=C/CC)n1ncc(C#N)c1N. The van der Waals surface area contributed by atoms with Gasteiger partial charge in [-0.15, -0.1) is 0 Å². The molecule has 0 spiro atoms. The third-order valence-corrected chi connectivity index (χ3v) is 1.99. The van der Waals surface area contributed by atoms with Gasteiger partial charge in [0.25, 0.3) is 0 Å². The van der Waals surface area contributed by atoms with Crippen molar-refractivity contribution in [2.45, 2.75) is 20.3 Å². The maximum atomic E-state index is 8.74. The molecule has 0 radical (unpaired) electrons. The van der Waals surface area contributed by atoms with Crippen LogP contribution in [0.5, 0.6) is 0 Å². The van der Waals surface area contributed by atoms with Crippen LogP contribution in [-0.4, -0.2) is 9.78 Å². The molecule has 4 heteroatoms. The summed E-state index contributed by atoms with van der Waals surface area (Å²) in [5, 5.41) is 12.8. The smallest absolute Gasteiger partial charge is 0.145 e. The summed E-state index contributed by atoms with van der Waals surface area (Å²) in [6.45, 7) is 3.96. The van der Waals surface area contributed by atoms with E-state index in [1.165, 1.54) is 6.20 Å². The van der Waals surface area contributed by atoms with Crippen molar-refractivity contribution in [2.75, 3.05) is 5.73 Å². The zero-order valence-corrected chi connectivity index (χ0v) is 8.94. The Morgan fingerprint density at radius 2 is 2.47 bits per heavy atom. The molecule has 0 atom stereocenters. The van der Waals surface area contributed by atoms with E-state index in [1.54, 1.807) is 4.68 Å². The van der Waals surface area contributed by atoms with E-state index in [2.05, 4.69) is 12.0 Å². The molecular weight excluding hydrogens is 188 g/mol. The zero-order chi connectivity index (χ0) is 11.3. The van der Waals surface area contributed by atoms with Gasteiger partial charge in [-0.3, -0.25) is 0 Å². The third kappa shape index (κ3) is 2.26. The summed E-state index contributed by atoms with van der Waals surface area (Å²) >= 11 is 0. The number of aromatic nitrogens is 2. The van der Waals surface area contributed by atoms with E-state index >= 15 is 0 Å². The van der Waals surface area contributed by atoms with Crippen LogP contribution in [0.15, 0.2) is 24.4 Å². The first-order chi connectivity index (χ1) is 7.24. The Morgan fingerprint density at radius 3 is 2.93 bits per heavy atom. The van der Waals surface area contributed by atoms with Crippen LogP contribution in [0.4, 0.5) is 5.82 Å². The highest BCUT2D eigenvalue weighted by molar-refractivity contribution is 5.63. The molecule has 0 saturated carbocycles. The molecule has 1 rings (SSSR count). The fourth-order valence-corrected chi connectivity index (χ4v) is 1.18. The Balaban J connectivity index is 3.10. The molecule has 0 aromatic carbocycles. The molecule has 0 unspecified atom stereocenters. The van der Waals surface area contributed by atoms with E-state index < -0.39 is 0 Å². The summed E-state index contributed by atoms with van der Waals surface area (Å²) in [5.74, 6) is 0.381. The average Bonchev–Trinajstić information content (AvgIpc) is 2.62. The van der Waals surface area contributed by atoms with Gasteiger partial charge in [0.2, 0.25) is 0 Å². The number of nitrogen functional groups attached to an aromatic ring is 1. The molecule has 4 nitrogen and oxygen atoms in total. The Bertz CT molecular complexity index is 432. The van der Waals surface area contributed by atoms with Gasteiger partial charge < -0.3 is 5.73 Å². The largest absolute Gasteiger partial charge is 0.382 e. The first kappa shape index (κ1) is 11.1. The van der Waals surface area contributed by atoms with E-state index in [4.69, 9.17) is 11.0 Å². The summed E-state index contributed by atoms with van der Waals surface area (Å²) in [4.78, 5) is 0. The number of anilines is 1. The van der Waals surface area contributed by atoms with Gasteiger partial charge in [0.1, 0.15) is 17.5 Å². The number of nitriles is 1. The summed E-state index contributed by atoms with van der Waals surface area (Å²) in [6.07, 6.45) is 8.27. The lowest BCUT2D eigenvalue weighted by Crippen LogP contribution is -2.02. The Labute approximate surface area is 89.3 Å². The molecule has 78 valence electrons. The molecule has 1 heterocycles. The van der Waals surface area contributed by atoms with Crippen molar-refractivity contribution in [3.63, 3.8) is 0 Å². The first-order valence-electron chi connectivity index (χ1n) is 4.81. The summed E-state index contributed by atoms with van der Waals surface area (Å²) in [7, 11) is 0. The Hall–Kier alpha value is -2.02. The van der Waals surface area contributed by atoms with Crippen LogP contribution in [0.2, 0.25) is 0 Å². The molecule has 0 aliphatic rings. The van der Waals surface area contributed by atoms with Crippen molar-refractivity contribution in [1.29, 1.82) is 5.26 Å². The molecule has 1 aromatic heterocycles. The van der Waals surface area contributed by atoms with Gasteiger partial charge in [-0.05, 0) is 19.4 Å². The molecule has 0 aliphatic carbocycles. The lowest BCUT2D eigenvalue weighted by atomic mass is 10.3. The van der Waals surface area contributed by atoms with Crippen LogP contribution in [-0.2, 0) is 0 Å². The molecule has 15 heavy (non-hydrogen) atoms. The van der Waals surface area contributed by atoms with Crippen molar-refractivity contribution in [2.24, 2.45) is 0 Å². The van der Waals surface area contributed by atoms with Crippen molar-refractivity contribution in [3.8, 4) is 6.07 Å². The van der Waals surface area contributed by atoms with Crippen LogP contribution in [0, 0.1) is 11.3 Å². The van der Waals surface area contributed by atoms with Gasteiger partial charge in [-0.25, -0.2) is 4.68 Å². The van der Waals surface area contributed by atoms with Gasteiger partial charge in [0.15, 0.2) is 0 Å². The molecule has 0 amide bonds. The van der Waals surface area contributed by atoms with Crippen LogP contribution in [0.25, 0.3) is 5.70 Å². The number of hydrogen-bond acceptors (Lipinski definition) is 3. The van der Waals surface area contributed by atoms with Crippen molar-refractivity contribution < 1.29 is 0 Å². The quantitative estimate of drug-likeness (QED) is 0.764. The fourth-order valence-electron chi connectivity index (χ4n) is 1.18. The van der Waals surface area contributed by atoms with Crippen LogP contribution >= 0.6 is 0 Å². The van der Waals surface area contributed by atoms with Crippen LogP contribution in [0.3, 0.4) is 0 Å². The maximum Gasteiger partial charge on any atom is 0.145 e. The lowest BCUT2D eigenvalue weighted by Gasteiger charge is -2.03. The topological polar surface area (TPSA) is 67.6 Å². The number of allylic oxidation sites excluding steroid dienone is 4. The minimum absolute atomic E-state index is 0.381. The number of nitrogens with zero attached hydrogens (tertiary/aromatic N) is 3. The number of nitrogens with two attached hydrogens (primary N) is 1. The molecule has 0 fully saturated rings. The normalized spacial score (nSPS) is 11.9. The highest BCUT2D eigenvalue weighted by Crippen LogP contribution is 2.15. The van der Waals surface area contributed by atoms with Gasteiger partial charge >= 0.3 is 0 Å². The van der Waals surface area contributed by atoms with Gasteiger partial charge in [-0.2, -0.15) is 10.4 Å². The van der Waals surface area contributed by atoms with Gasteiger partial charge in [0.05, 0.1) is 11.9 Å². The maximum absolute atomic E-state index is 8.74. The lowest BCUT2D eigenvalue weighted by molar-refractivity contribution is 0.918. The molecular formula is C11H14N4. The summed E-state index contributed by atoms with van der Waals surface area (Å²) < 4.78 is 1.56. The third-order valence-electron chi connectivity index (χ3n) is 1.99. The molecule has 2 N–H and O–H groups in total. The Morgan fingerprint density at radius 1 is 1.73 bits per heavy atom. The van der Waals surface area contributed by atoms with Crippen molar-refractivity contribution in [3.05, 3.63) is 30.0 Å². The highest BCUT2D eigenvalue weighted by Gasteiger charge is 2.07. The average molecular weight is 202 g/mol. The van der Waals surface area contributed by atoms with Crippen molar-refractivity contribution >= 4 is 11.5 Å². The zero-order valence-electron chi connectivity index (χ0n) is 8.94. The minimum Gasteiger partial charge on any atom is -0.382 e.